The molecule has 18 heavy (non-hydrogen) atoms. The number of hydrogen-bond acceptors (Lipinski definition) is 2. The monoisotopic (exact) mass is 245 g/mol. The molecule has 0 spiro atoms. The summed E-state index contributed by atoms with van der Waals surface area (Å²) in [5.41, 5.74) is 3.03. The van der Waals surface area contributed by atoms with E-state index in [1.54, 1.807) is 0 Å². The minimum absolute atomic E-state index is 0.0248. The largest absolute Gasteiger partial charge is 0.394 e. The van der Waals surface area contributed by atoms with Crippen LogP contribution in [0.3, 0.4) is 0 Å². The number of aryl methyl sites for hydroxylation is 1. The first-order valence-electron chi connectivity index (χ1n) is 7.27. The highest BCUT2D eigenvalue weighted by atomic mass is 16.3. The Labute approximate surface area is 109 Å². The van der Waals surface area contributed by atoms with Gasteiger partial charge in [0.1, 0.15) is 0 Å². The van der Waals surface area contributed by atoms with Crippen molar-refractivity contribution in [3.05, 3.63) is 35.4 Å². The zero-order chi connectivity index (χ0) is 12.4. The number of fused-ring (bicyclic) bond motifs is 1. The first kappa shape index (κ1) is 12.2. The van der Waals surface area contributed by atoms with Gasteiger partial charge in [0.25, 0.3) is 0 Å². The van der Waals surface area contributed by atoms with Crippen molar-refractivity contribution in [2.45, 2.75) is 56.5 Å². The maximum absolute atomic E-state index is 9.68. The molecule has 0 aromatic heterocycles. The van der Waals surface area contributed by atoms with Gasteiger partial charge < -0.3 is 10.4 Å². The summed E-state index contributed by atoms with van der Waals surface area (Å²) in [6.07, 6.45) is 8.31. The Morgan fingerprint density at radius 1 is 1.17 bits per heavy atom. The Hall–Kier alpha value is -0.860. The molecule has 1 saturated carbocycles. The maximum atomic E-state index is 9.68. The number of aliphatic hydroxyl groups excluding tert-OH is 1. The van der Waals surface area contributed by atoms with E-state index in [1.807, 2.05) is 0 Å². The van der Waals surface area contributed by atoms with Gasteiger partial charge in [-0.2, -0.15) is 0 Å². The topological polar surface area (TPSA) is 32.3 Å². The highest BCUT2D eigenvalue weighted by Crippen LogP contribution is 2.31. The van der Waals surface area contributed by atoms with Crippen molar-refractivity contribution in [1.29, 1.82) is 0 Å². The molecular weight excluding hydrogens is 222 g/mol. The van der Waals surface area contributed by atoms with Crippen LogP contribution in [0.15, 0.2) is 24.3 Å². The third-order valence-electron chi connectivity index (χ3n) is 4.72. The van der Waals surface area contributed by atoms with Gasteiger partial charge in [0, 0.05) is 11.6 Å². The van der Waals surface area contributed by atoms with Gasteiger partial charge in [0.05, 0.1) is 6.61 Å². The van der Waals surface area contributed by atoms with Crippen LogP contribution in [0.25, 0.3) is 0 Å². The Balaban J connectivity index is 1.69. The third kappa shape index (κ3) is 2.32. The summed E-state index contributed by atoms with van der Waals surface area (Å²) in [5, 5.41) is 13.5. The Bertz CT molecular complexity index is 409. The van der Waals surface area contributed by atoms with E-state index < -0.39 is 0 Å². The first-order chi connectivity index (χ1) is 8.81. The Kier molecular flexibility index (Phi) is 3.40. The predicted molar refractivity (Wildman–Crippen MR) is 73.7 cm³/mol. The lowest BCUT2D eigenvalue weighted by atomic mass is 9.86. The summed E-state index contributed by atoms with van der Waals surface area (Å²) < 4.78 is 0. The summed E-state index contributed by atoms with van der Waals surface area (Å²) in [6, 6.07) is 9.33. The molecule has 2 aliphatic carbocycles. The van der Waals surface area contributed by atoms with Gasteiger partial charge in [-0.3, -0.25) is 0 Å². The van der Waals surface area contributed by atoms with E-state index in [9.17, 15) is 5.11 Å². The molecule has 2 nitrogen and oxygen atoms in total. The first-order valence-corrected chi connectivity index (χ1v) is 7.27. The van der Waals surface area contributed by atoms with Crippen LogP contribution in [0.1, 0.15) is 43.2 Å². The number of benzene rings is 1. The highest BCUT2D eigenvalue weighted by Gasteiger charge is 2.35. The molecule has 1 atom stereocenters. The molecule has 0 radical (unpaired) electrons. The standard InChI is InChI=1S/C16H23NO/c18-12-16(9-3-4-10-16)17-15-8-7-13-5-1-2-6-14(13)11-15/h1-2,5-6,15,17-18H,3-4,7-12H2. The van der Waals surface area contributed by atoms with E-state index >= 15 is 0 Å². The average molecular weight is 245 g/mol. The fourth-order valence-corrected chi connectivity index (χ4v) is 3.65. The van der Waals surface area contributed by atoms with E-state index in [0.29, 0.717) is 12.6 Å². The summed E-state index contributed by atoms with van der Waals surface area (Å²) in [5.74, 6) is 0. The van der Waals surface area contributed by atoms with Gasteiger partial charge in [-0.25, -0.2) is 0 Å². The zero-order valence-electron chi connectivity index (χ0n) is 11.0. The molecule has 1 aromatic carbocycles. The lowest BCUT2D eigenvalue weighted by molar-refractivity contribution is 0.147. The van der Waals surface area contributed by atoms with Crippen LogP contribution in [0.2, 0.25) is 0 Å². The molecule has 2 N–H and O–H groups in total. The van der Waals surface area contributed by atoms with Crippen LogP contribution in [-0.2, 0) is 12.8 Å². The smallest absolute Gasteiger partial charge is 0.0613 e. The summed E-state index contributed by atoms with van der Waals surface area (Å²) in [6.45, 7) is 0.297. The second-order valence-corrected chi connectivity index (χ2v) is 6.00. The van der Waals surface area contributed by atoms with Crippen LogP contribution in [0.5, 0.6) is 0 Å². The van der Waals surface area contributed by atoms with Crippen molar-refractivity contribution in [3.8, 4) is 0 Å². The molecule has 2 heteroatoms. The Morgan fingerprint density at radius 2 is 1.89 bits per heavy atom. The Morgan fingerprint density at radius 3 is 2.61 bits per heavy atom. The third-order valence-corrected chi connectivity index (χ3v) is 4.72. The SMILES string of the molecule is OCC1(NC2CCc3ccccc3C2)CCCC1. The fraction of sp³-hybridized carbons (Fsp3) is 0.625. The van der Waals surface area contributed by atoms with E-state index in [1.165, 1.54) is 36.8 Å². The van der Waals surface area contributed by atoms with Gasteiger partial charge in [-0.1, -0.05) is 37.1 Å². The minimum Gasteiger partial charge on any atom is -0.394 e. The van der Waals surface area contributed by atoms with Crippen molar-refractivity contribution in [1.82, 2.24) is 5.32 Å². The normalized spacial score (nSPS) is 25.9. The molecular formula is C16H23NO. The quantitative estimate of drug-likeness (QED) is 0.857. The van der Waals surface area contributed by atoms with E-state index in [0.717, 1.165) is 19.3 Å². The highest BCUT2D eigenvalue weighted by molar-refractivity contribution is 5.30. The van der Waals surface area contributed by atoms with Gasteiger partial charge in [0.15, 0.2) is 0 Å². The summed E-state index contributed by atoms with van der Waals surface area (Å²) in [7, 11) is 0. The minimum atomic E-state index is 0.0248. The average Bonchev–Trinajstić information content (AvgIpc) is 2.88. The zero-order valence-corrected chi connectivity index (χ0v) is 11.0. The van der Waals surface area contributed by atoms with Gasteiger partial charge >= 0.3 is 0 Å². The lowest BCUT2D eigenvalue weighted by Crippen LogP contribution is -2.52. The number of nitrogens with one attached hydrogen (secondary N) is 1. The van der Waals surface area contributed by atoms with Crippen molar-refractivity contribution < 1.29 is 5.11 Å². The summed E-state index contributed by atoms with van der Waals surface area (Å²) >= 11 is 0. The number of hydrogen-bond donors (Lipinski definition) is 2. The molecule has 2 aliphatic rings. The molecule has 0 heterocycles. The van der Waals surface area contributed by atoms with Crippen LogP contribution in [-0.4, -0.2) is 23.3 Å². The summed E-state index contributed by atoms with van der Waals surface area (Å²) in [4.78, 5) is 0. The van der Waals surface area contributed by atoms with Crippen molar-refractivity contribution in [2.24, 2.45) is 0 Å². The van der Waals surface area contributed by atoms with Crippen LogP contribution in [0, 0.1) is 0 Å². The van der Waals surface area contributed by atoms with Crippen molar-refractivity contribution >= 4 is 0 Å². The lowest BCUT2D eigenvalue weighted by Gasteiger charge is -2.36. The molecule has 0 amide bonds. The molecule has 0 saturated heterocycles. The predicted octanol–water partition coefficient (Wildman–Crippen LogP) is 2.44. The van der Waals surface area contributed by atoms with Crippen molar-refractivity contribution in [2.75, 3.05) is 6.61 Å². The number of rotatable bonds is 3. The van der Waals surface area contributed by atoms with Gasteiger partial charge in [0.2, 0.25) is 0 Å². The molecule has 1 aromatic rings. The molecule has 0 aliphatic heterocycles. The maximum Gasteiger partial charge on any atom is 0.0613 e. The van der Waals surface area contributed by atoms with Gasteiger partial charge in [-0.05, 0) is 43.2 Å². The van der Waals surface area contributed by atoms with E-state index in [4.69, 9.17) is 0 Å². The molecule has 98 valence electrons. The molecule has 0 bridgehead atoms. The molecule has 1 unspecified atom stereocenters. The second-order valence-electron chi connectivity index (χ2n) is 6.00. The van der Waals surface area contributed by atoms with Crippen LogP contribution >= 0.6 is 0 Å². The van der Waals surface area contributed by atoms with E-state index in [2.05, 4.69) is 29.6 Å². The van der Waals surface area contributed by atoms with Crippen LogP contribution in [0.4, 0.5) is 0 Å². The van der Waals surface area contributed by atoms with Crippen LogP contribution < -0.4 is 5.32 Å². The fourth-order valence-electron chi connectivity index (χ4n) is 3.65. The molecule has 3 rings (SSSR count). The van der Waals surface area contributed by atoms with E-state index in [-0.39, 0.29) is 5.54 Å². The van der Waals surface area contributed by atoms with Gasteiger partial charge in [-0.15, -0.1) is 0 Å². The second kappa shape index (κ2) is 5.02. The number of aliphatic hydroxyl groups is 1. The molecule has 1 fully saturated rings. The van der Waals surface area contributed by atoms with Crippen molar-refractivity contribution in [3.63, 3.8) is 0 Å².